The Hall–Kier alpha value is 0.0300. The highest BCUT2D eigenvalue weighted by Gasteiger charge is 2.09. The van der Waals surface area contributed by atoms with Gasteiger partial charge in [-0.15, -0.1) is 0 Å². The number of hydrogen-bond donors (Lipinski definition) is 2. The van der Waals surface area contributed by atoms with Gasteiger partial charge >= 0.3 is 0 Å². The Morgan fingerprint density at radius 2 is 1.67 bits per heavy atom. The van der Waals surface area contributed by atoms with E-state index in [-0.39, 0.29) is 26.1 Å². The van der Waals surface area contributed by atoms with Crippen LogP contribution in [0.1, 0.15) is 12.8 Å². The fourth-order valence-electron chi connectivity index (χ4n) is 0.720. The van der Waals surface area contributed by atoms with Crippen molar-refractivity contribution < 1.29 is 29.1 Å². The van der Waals surface area contributed by atoms with Crippen LogP contribution in [0.3, 0.4) is 0 Å². The molecule has 0 aliphatic carbocycles. The van der Waals surface area contributed by atoms with Crippen molar-refractivity contribution in [2.24, 2.45) is 0 Å². The zero-order valence-electron chi connectivity index (χ0n) is 6.38. The number of aliphatic hydroxyl groups excluding tert-OH is 2. The van der Waals surface area contributed by atoms with Crippen molar-refractivity contribution in [3.05, 3.63) is 0 Å². The van der Waals surface area contributed by atoms with Gasteiger partial charge in [-0.3, -0.25) is 0 Å². The molecule has 0 atom stereocenters. The molecule has 0 aromatic heterocycles. The van der Waals surface area contributed by atoms with E-state index in [1.165, 1.54) is 0 Å². The van der Waals surface area contributed by atoms with Crippen molar-refractivity contribution in [3.63, 3.8) is 0 Å². The summed E-state index contributed by atoms with van der Waals surface area (Å²) in [6, 6.07) is 0. The van der Waals surface area contributed by atoms with Crippen LogP contribution in [-0.2, 0) is 9.09 Å². The van der Waals surface area contributed by atoms with Crippen molar-refractivity contribution >= 4 is 7.82 Å². The number of phosphoric ester groups is 1. The average Bonchev–Trinajstić information content (AvgIpc) is 1.84. The molecular formula is C5H11O6P-2. The van der Waals surface area contributed by atoms with E-state index in [4.69, 9.17) is 10.2 Å². The van der Waals surface area contributed by atoms with Crippen LogP contribution in [0.15, 0.2) is 0 Å². The molecule has 0 aromatic rings. The van der Waals surface area contributed by atoms with E-state index in [1.54, 1.807) is 0 Å². The summed E-state index contributed by atoms with van der Waals surface area (Å²) < 4.78 is 14.1. The highest BCUT2D eigenvalue weighted by atomic mass is 31.2. The molecule has 0 saturated heterocycles. The summed E-state index contributed by atoms with van der Waals surface area (Å²) in [7, 11) is -5.00. The highest BCUT2D eigenvalue weighted by Crippen LogP contribution is 2.29. The second kappa shape index (κ2) is 5.64. The molecule has 0 heterocycles. The van der Waals surface area contributed by atoms with Crippen LogP contribution >= 0.6 is 7.82 Å². The molecule has 74 valence electrons. The Kier molecular flexibility index (Phi) is 5.65. The molecule has 0 aliphatic rings. The Balaban J connectivity index is 3.86. The van der Waals surface area contributed by atoms with Crippen molar-refractivity contribution in [3.8, 4) is 0 Å². The van der Waals surface area contributed by atoms with Gasteiger partial charge in [-0.05, 0) is 12.8 Å². The van der Waals surface area contributed by atoms with Crippen molar-refractivity contribution in [1.82, 2.24) is 0 Å². The van der Waals surface area contributed by atoms with E-state index in [0.29, 0.717) is 0 Å². The molecule has 0 radical (unpaired) electrons. The third kappa shape index (κ3) is 6.72. The average molecular weight is 198 g/mol. The number of aliphatic hydroxyl groups is 2. The normalized spacial score (nSPS) is 12.4. The van der Waals surface area contributed by atoms with Gasteiger partial charge in [0, 0.05) is 13.2 Å². The van der Waals surface area contributed by atoms with E-state index in [9.17, 15) is 14.4 Å². The Morgan fingerprint density at radius 3 is 1.92 bits per heavy atom. The van der Waals surface area contributed by atoms with Crippen LogP contribution in [0.5, 0.6) is 0 Å². The van der Waals surface area contributed by atoms with Crippen LogP contribution < -0.4 is 9.79 Å². The van der Waals surface area contributed by atoms with Crippen LogP contribution in [0.25, 0.3) is 0 Å². The SMILES string of the molecule is O=P([O-])([O-])OC(CCO)CCO. The molecule has 0 unspecified atom stereocenters. The molecule has 0 amide bonds. The predicted octanol–water partition coefficient (Wildman–Crippen LogP) is -2.03. The zero-order chi connectivity index (χ0) is 9.61. The molecule has 6 nitrogen and oxygen atoms in total. The summed E-state index contributed by atoms with van der Waals surface area (Å²) in [6.07, 6.45) is -0.870. The van der Waals surface area contributed by atoms with Gasteiger partial charge in [0.05, 0.1) is 13.9 Å². The van der Waals surface area contributed by atoms with E-state index in [0.717, 1.165) is 0 Å². The van der Waals surface area contributed by atoms with Gasteiger partial charge in [0.2, 0.25) is 0 Å². The van der Waals surface area contributed by atoms with E-state index >= 15 is 0 Å². The lowest BCUT2D eigenvalue weighted by atomic mass is 10.2. The number of rotatable bonds is 6. The quantitative estimate of drug-likeness (QED) is 0.475. The van der Waals surface area contributed by atoms with Gasteiger partial charge in [-0.2, -0.15) is 0 Å². The van der Waals surface area contributed by atoms with Gasteiger partial charge in [-0.25, -0.2) is 0 Å². The lowest BCUT2D eigenvalue weighted by Crippen LogP contribution is -2.24. The second-order valence-corrected chi connectivity index (χ2v) is 3.30. The fraction of sp³-hybridized carbons (Fsp3) is 1.00. The van der Waals surface area contributed by atoms with Crippen LogP contribution in [0.4, 0.5) is 0 Å². The third-order valence-electron chi connectivity index (χ3n) is 1.18. The number of hydrogen-bond acceptors (Lipinski definition) is 6. The largest absolute Gasteiger partial charge is 0.790 e. The minimum Gasteiger partial charge on any atom is -0.790 e. The van der Waals surface area contributed by atoms with Crippen molar-refractivity contribution in [2.75, 3.05) is 13.2 Å². The summed E-state index contributed by atoms with van der Waals surface area (Å²) in [6.45, 7) is -0.574. The van der Waals surface area contributed by atoms with Gasteiger partial charge < -0.3 is 29.1 Å². The minimum atomic E-state index is -5.00. The van der Waals surface area contributed by atoms with E-state index < -0.39 is 13.9 Å². The topological polar surface area (TPSA) is 113 Å². The first-order chi connectivity index (χ1) is 5.49. The molecule has 0 rings (SSSR count). The summed E-state index contributed by atoms with van der Waals surface area (Å²) >= 11 is 0. The first-order valence-corrected chi connectivity index (χ1v) is 4.88. The summed E-state index contributed by atoms with van der Waals surface area (Å²) in [5, 5.41) is 16.8. The molecule has 12 heavy (non-hydrogen) atoms. The molecule has 2 N–H and O–H groups in total. The van der Waals surface area contributed by atoms with E-state index in [2.05, 4.69) is 4.52 Å². The minimum absolute atomic E-state index is 0.0228. The molecule has 0 aliphatic heterocycles. The van der Waals surface area contributed by atoms with E-state index in [1.807, 2.05) is 0 Å². The Labute approximate surface area is 70.0 Å². The van der Waals surface area contributed by atoms with Gasteiger partial charge in [-0.1, -0.05) is 0 Å². The predicted molar refractivity (Wildman–Crippen MR) is 35.9 cm³/mol. The lowest BCUT2D eigenvalue weighted by molar-refractivity contribution is -0.345. The van der Waals surface area contributed by atoms with Crippen LogP contribution in [-0.4, -0.2) is 29.5 Å². The lowest BCUT2D eigenvalue weighted by Gasteiger charge is -2.33. The maximum Gasteiger partial charge on any atom is 0.0671 e. The monoisotopic (exact) mass is 198 g/mol. The maximum atomic E-state index is 10.1. The molecular weight excluding hydrogens is 187 g/mol. The standard InChI is InChI=1S/C5H13O6P/c6-3-1-5(2-4-7)11-12(8,9)10/h5-7H,1-4H2,(H2,8,9,10)/p-2. The fourth-order valence-corrected chi connectivity index (χ4v) is 1.30. The van der Waals surface area contributed by atoms with Gasteiger partial charge in [0.1, 0.15) is 0 Å². The van der Waals surface area contributed by atoms with Crippen LogP contribution in [0.2, 0.25) is 0 Å². The molecule has 0 aromatic carbocycles. The summed E-state index contributed by atoms with van der Waals surface area (Å²) in [4.78, 5) is 20.2. The molecule has 0 spiro atoms. The molecule has 0 bridgehead atoms. The first-order valence-electron chi connectivity index (χ1n) is 3.41. The van der Waals surface area contributed by atoms with Crippen molar-refractivity contribution in [2.45, 2.75) is 18.9 Å². The van der Waals surface area contributed by atoms with Crippen LogP contribution in [0, 0.1) is 0 Å². The Morgan fingerprint density at radius 1 is 1.25 bits per heavy atom. The summed E-state index contributed by atoms with van der Waals surface area (Å²) in [5.74, 6) is 0. The highest BCUT2D eigenvalue weighted by molar-refractivity contribution is 7.43. The van der Waals surface area contributed by atoms with Gasteiger partial charge in [0.15, 0.2) is 0 Å². The number of phosphoric acid groups is 1. The van der Waals surface area contributed by atoms with Gasteiger partial charge in [0.25, 0.3) is 0 Å². The second-order valence-electron chi connectivity index (χ2n) is 2.20. The summed E-state index contributed by atoms with van der Waals surface area (Å²) in [5.41, 5.74) is 0. The van der Waals surface area contributed by atoms with Crippen molar-refractivity contribution in [1.29, 1.82) is 0 Å². The smallest absolute Gasteiger partial charge is 0.0671 e. The molecule has 0 fully saturated rings. The maximum absolute atomic E-state index is 10.1. The zero-order valence-corrected chi connectivity index (χ0v) is 7.27. The third-order valence-corrected chi connectivity index (χ3v) is 1.74. The first kappa shape index (κ1) is 12.0. The molecule has 0 saturated carbocycles. The molecule has 7 heteroatoms. The Bertz CT molecular complexity index is 148.